The molecule has 1 rings (SSSR count). The van der Waals surface area contributed by atoms with Crippen molar-refractivity contribution in [2.24, 2.45) is 5.92 Å². The molecular formula is C17H36N2. The van der Waals surface area contributed by atoms with Crippen molar-refractivity contribution in [2.45, 2.75) is 91.3 Å². The third-order valence-electron chi connectivity index (χ3n) is 4.72. The van der Waals surface area contributed by atoms with E-state index < -0.39 is 0 Å². The molecule has 0 amide bonds. The molecule has 0 bridgehead atoms. The van der Waals surface area contributed by atoms with Gasteiger partial charge >= 0.3 is 0 Å². The van der Waals surface area contributed by atoms with Gasteiger partial charge in [0.15, 0.2) is 0 Å². The molecule has 0 radical (unpaired) electrons. The molecule has 2 heteroatoms. The van der Waals surface area contributed by atoms with Crippen LogP contribution in [0.5, 0.6) is 0 Å². The first kappa shape index (κ1) is 17.0. The minimum atomic E-state index is 0.604. The molecule has 1 aliphatic carbocycles. The monoisotopic (exact) mass is 268 g/mol. The highest BCUT2D eigenvalue weighted by atomic mass is 15.2. The minimum absolute atomic E-state index is 0.604. The molecule has 19 heavy (non-hydrogen) atoms. The van der Waals surface area contributed by atoms with Crippen molar-refractivity contribution < 1.29 is 0 Å². The first-order valence-electron chi connectivity index (χ1n) is 8.55. The van der Waals surface area contributed by atoms with Crippen LogP contribution in [0.15, 0.2) is 0 Å². The second-order valence-corrected chi connectivity index (χ2v) is 6.84. The molecule has 0 saturated heterocycles. The highest BCUT2D eigenvalue weighted by Crippen LogP contribution is 2.26. The zero-order valence-corrected chi connectivity index (χ0v) is 13.9. The highest BCUT2D eigenvalue weighted by Gasteiger charge is 2.28. The lowest BCUT2D eigenvalue weighted by molar-refractivity contribution is 0.114. The van der Waals surface area contributed by atoms with E-state index in [4.69, 9.17) is 0 Å². The Morgan fingerprint density at radius 3 is 2.26 bits per heavy atom. The van der Waals surface area contributed by atoms with E-state index in [0.717, 1.165) is 18.5 Å². The smallest absolute Gasteiger partial charge is 0.0221 e. The first-order chi connectivity index (χ1) is 9.06. The van der Waals surface area contributed by atoms with Gasteiger partial charge in [-0.3, -0.25) is 4.90 Å². The van der Waals surface area contributed by atoms with Gasteiger partial charge in [-0.05, 0) is 58.5 Å². The molecule has 1 fully saturated rings. The molecule has 0 aromatic rings. The maximum atomic E-state index is 3.68. The summed E-state index contributed by atoms with van der Waals surface area (Å²) in [6.45, 7) is 14.1. The van der Waals surface area contributed by atoms with Crippen LogP contribution in [-0.4, -0.2) is 36.1 Å². The van der Waals surface area contributed by atoms with Crippen molar-refractivity contribution in [2.75, 3.05) is 13.1 Å². The van der Waals surface area contributed by atoms with E-state index in [1.807, 2.05) is 0 Å². The van der Waals surface area contributed by atoms with E-state index in [1.54, 1.807) is 0 Å². The van der Waals surface area contributed by atoms with E-state index in [1.165, 1.54) is 45.1 Å². The Labute approximate surface area is 121 Å². The Bertz CT molecular complexity index is 221. The van der Waals surface area contributed by atoms with Gasteiger partial charge in [-0.2, -0.15) is 0 Å². The summed E-state index contributed by atoms with van der Waals surface area (Å²) in [7, 11) is 0. The van der Waals surface area contributed by atoms with Crippen LogP contribution in [0.3, 0.4) is 0 Å². The number of hydrogen-bond acceptors (Lipinski definition) is 2. The van der Waals surface area contributed by atoms with E-state index in [-0.39, 0.29) is 0 Å². The van der Waals surface area contributed by atoms with Crippen LogP contribution in [0.4, 0.5) is 0 Å². The van der Waals surface area contributed by atoms with Crippen LogP contribution in [0.2, 0.25) is 0 Å². The van der Waals surface area contributed by atoms with Crippen molar-refractivity contribution in [1.29, 1.82) is 0 Å². The largest absolute Gasteiger partial charge is 0.313 e. The Morgan fingerprint density at radius 1 is 1.11 bits per heavy atom. The zero-order valence-electron chi connectivity index (χ0n) is 13.9. The van der Waals surface area contributed by atoms with E-state index >= 15 is 0 Å². The minimum Gasteiger partial charge on any atom is -0.313 e. The van der Waals surface area contributed by atoms with E-state index in [2.05, 4.69) is 44.8 Å². The highest BCUT2D eigenvalue weighted by molar-refractivity contribution is 4.85. The van der Waals surface area contributed by atoms with Gasteiger partial charge in [-0.25, -0.2) is 0 Å². The van der Waals surface area contributed by atoms with Crippen LogP contribution < -0.4 is 5.32 Å². The van der Waals surface area contributed by atoms with Gasteiger partial charge < -0.3 is 5.32 Å². The van der Waals surface area contributed by atoms with Crippen molar-refractivity contribution in [3.05, 3.63) is 0 Å². The second-order valence-electron chi connectivity index (χ2n) is 6.84. The van der Waals surface area contributed by atoms with Crippen LogP contribution in [-0.2, 0) is 0 Å². The third-order valence-corrected chi connectivity index (χ3v) is 4.72. The fourth-order valence-electron chi connectivity index (χ4n) is 3.19. The summed E-state index contributed by atoms with van der Waals surface area (Å²) in [6.07, 6.45) is 8.28. The van der Waals surface area contributed by atoms with Gasteiger partial charge in [0.25, 0.3) is 0 Å². The quantitative estimate of drug-likeness (QED) is 0.678. The van der Waals surface area contributed by atoms with Gasteiger partial charge in [-0.1, -0.05) is 33.6 Å². The average molecular weight is 268 g/mol. The van der Waals surface area contributed by atoms with Gasteiger partial charge in [0.2, 0.25) is 0 Å². The summed E-state index contributed by atoms with van der Waals surface area (Å²) in [5.74, 6) is 0.815. The molecule has 2 unspecified atom stereocenters. The fraction of sp³-hybridized carbons (Fsp3) is 1.00. The molecule has 2 atom stereocenters. The van der Waals surface area contributed by atoms with Gasteiger partial charge in [-0.15, -0.1) is 0 Å². The van der Waals surface area contributed by atoms with Crippen LogP contribution in [0.1, 0.15) is 73.1 Å². The molecule has 1 N–H and O–H groups in total. The average Bonchev–Trinajstić information content (AvgIpc) is 2.89. The zero-order chi connectivity index (χ0) is 14.3. The summed E-state index contributed by atoms with van der Waals surface area (Å²) >= 11 is 0. The van der Waals surface area contributed by atoms with E-state index in [0.29, 0.717) is 12.1 Å². The molecule has 0 spiro atoms. The molecule has 0 heterocycles. The maximum absolute atomic E-state index is 3.68. The molecule has 1 saturated carbocycles. The summed E-state index contributed by atoms with van der Waals surface area (Å²) in [5.41, 5.74) is 0. The number of rotatable bonds is 9. The topological polar surface area (TPSA) is 15.3 Å². The molecular weight excluding hydrogens is 232 g/mol. The standard InChI is InChI=1S/C17H36N2/c1-6-12-18-15(4)16(5)19(13-11-14(2)3)17-9-7-8-10-17/h14-18H,6-13H2,1-5H3. The molecule has 0 aliphatic heterocycles. The molecule has 1 aliphatic rings. The molecule has 0 aromatic carbocycles. The lowest BCUT2D eigenvalue weighted by atomic mass is 10.0. The van der Waals surface area contributed by atoms with Crippen molar-refractivity contribution >= 4 is 0 Å². The molecule has 2 nitrogen and oxygen atoms in total. The van der Waals surface area contributed by atoms with Crippen LogP contribution >= 0.6 is 0 Å². The molecule has 0 aromatic heterocycles. The van der Waals surface area contributed by atoms with Gasteiger partial charge in [0.1, 0.15) is 0 Å². The molecule has 114 valence electrons. The Hall–Kier alpha value is -0.0800. The van der Waals surface area contributed by atoms with Crippen LogP contribution in [0.25, 0.3) is 0 Å². The van der Waals surface area contributed by atoms with Crippen molar-refractivity contribution in [3.8, 4) is 0 Å². The van der Waals surface area contributed by atoms with Crippen molar-refractivity contribution in [1.82, 2.24) is 10.2 Å². The summed E-state index contributed by atoms with van der Waals surface area (Å²) in [6, 6.07) is 2.11. The van der Waals surface area contributed by atoms with Crippen LogP contribution in [0, 0.1) is 5.92 Å². The SMILES string of the molecule is CCCNC(C)C(C)N(CCC(C)C)C1CCCC1. The Balaban J connectivity index is 2.54. The Morgan fingerprint density at radius 2 is 1.74 bits per heavy atom. The van der Waals surface area contributed by atoms with E-state index in [9.17, 15) is 0 Å². The van der Waals surface area contributed by atoms with Gasteiger partial charge in [0, 0.05) is 18.1 Å². The van der Waals surface area contributed by atoms with Crippen molar-refractivity contribution in [3.63, 3.8) is 0 Å². The summed E-state index contributed by atoms with van der Waals surface area (Å²) in [5, 5.41) is 3.68. The maximum Gasteiger partial charge on any atom is 0.0221 e. The summed E-state index contributed by atoms with van der Waals surface area (Å²) in [4.78, 5) is 2.81. The Kier molecular flexibility index (Phi) is 8.01. The fourth-order valence-corrected chi connectivity index (χ4v) is 3.19. The predicted octanol–water partition coefficient (Wildman–Crippen LogP) is 4.05. The first-order valence-corrected chi connectivity index (χ1v) is 8.55. The third kappa shape index (κ3) is 5.83. The summed E-state index contributed by atoms with van der Waals surface area (Å²) < 4.78 is 0. The number of nitrogens with one attached hydrogen (secondary N) is 1. The normalized spacial score (nSPS) is 20.4. The predicted molar refractivity (Wildman–Crippen MR) is 85.6 cm³/mol. The lowest BCUT2D eigenvalue weighted by Crippen LogP contribution is -2.51. The number of hydrogen-bond donors (Lipinski definition) is 1. The number of nitrogens with zero attached hydrogens (tertiary/aromatic N) is 1. The second kappa shape index (κ2) is 8.97. The van der Waals surface area contributed by atoms with Gasteiger partial charge in [0.05, 0.1) is 0 Å². The lowest BCUT2D eigenvalue weighted by Gasteiger charge is -2.38.